The van der Waals surface area contributed by atoms with Gasteiger partial charge in [0.1, 0.15) is 10.8 Å². The number of carbonyl (C=O) groups is 1. The monoisotopic (exact) mass is 402 g/mol. The van der Waals surface area contributed by atoms with Crippen LogP contribution in [-0.2, 0) is 11.2 Å². The van der Waals surface area contributed by atoms with Crippen LogP contribution in [0.25, 0.3) is 0 Å². The molecule has 0 atom stereocenters. The third kappa shape index (κ3) is 6.62. The second-order valence-corrected chi connectivity index (χ2v) is 7.21. The van der Waals surface area contributed by atoms with Crippen LogP contribution in [0.1, 0.15) is 35.8 Å². The van der Waals surface area contributed by atoms with Crippen molar-refractivity contribution in [1.29, 1.82) is 0 Å². The molecule has 3 heterocycles. The summed E-state index contributed by atoms with van der Waals surface area (Å²) >= 11 is 1.49. The number of amides is 1. The molecule has 2 aromatic heterocycles. The summed E-state index contributed by atoms with van der Waals surface area (Å²) in [6, 6.07) is 4.05. The van der Waals surface area contributed by atoms with E-state index in [2.05, 4.69) is 43.1 Å². The molecule has 0 aliphatic carbocycles. The number of allylic oxidation sites excluding steroid dienone is 1. The summed E-state index contributed by atoms with van der Waals surface area (Å²) < 4.78 is 0. The fraction of sp³-hybridized carbons (Fsp3) is 0.389. The van der Waals surface area contributed by atoms with Gasteiger partial charge in [0, 0.05) is 31.4 Å². The van der Waals surface area contributed by atoms with Gasteiger partial charge in [-0.15, -0.1) is 10.2 Å². The average Bonchev–Trinajstić information content (AvgIpc) is 3.16. The van der Waals surface area contributed by atoms with Crippen LogP contribution in [0.5, 0.6) is 0 Å². The topological polar surface area (TPSA) is 149 Å². The zero-order valence-corrected chi connectivity index (χ0v) is 16.5. The number of nitrogen functional groups attached to an aromatic ring is 1. The van der Waals surface area contributed by atoms with Gasteiger partial charge in [0.25, 0.3) is 0 Å². The van der Waals surface area contributed by atoms with Gasteiger partial charge in [-0.3, -0.25) is 9.78 Å². The quantitative estimate of drug-likeness (QED) is 0.224. The first-order valence-corrected chi connectivity index (χ1v) is 9.82. The van der Waals surface area contributed by atoms with E-state index in [0.29, 0.717) is 11.0 Å². The zero-order valence-electron chi connectivity index (χ0n) is 15.6. The molecule has 1 amide bonds. The number of aryl methyl sites for hydroxylation is 1. The number of piperidine rings is 1. The fourth-order valence-corrected chi connectivity index (χ4v) is 3.76. The second kappa shape index (κ2) is 11.7. The molecule has 1 fully saturated rings. The molecule has 3 rings (SSSR count). The van der Waals surface area contributed by atoms with Crippen molar-refractivity contribution < 1.29 is 4.79 Å². The van der Waals surface area contributed by atoms with Gasteiger partial charge in [-0.05, 0) is 43.4 Å². The minimum atomic E-state index is 0.250. The second-order valence-electron chi connectivity index (χ2n) is 6.17. The Kier molecular flexibility index (Phi) is 8.86. The van der Waals surface area contributed by atoms with Gasteiger partial charge in [0.15, 0.2) is 0 Å². The lowest BCUT2D eigenvalue weighted by atomic mass is 9.97. The number of amidine groups is 1. The van der Waals surface area contributed by atoms with Crippen molar-refractivity contribution in [1.82, 2.24) is 20.1 Å². The standard InChI is InChI=1S/C17H23N7S.CH3NO/c18-17-23-22-16(25-17)14-7-10-24(11-8-14)15(21-19)6-2-1-4-13-5-3-9-20-12-13;2-1-3/h2-3,5-6,9,12,14H,1,4,7-8,10-11,19H2,(H2,18,23);1H,(H2,2,3)/b6-2-,21-15+;. The van der Waals surface area contributed by atoms with E-state index in [0.717, 1.165) is 49.6 Å². The largest absolute Gasteiger partial charge is 0.374 e. The van der Waals surface area contributed by atoms with E-state index < -0.39 is 0 Å². The number of carbonyl (C=O) groups excluding carboxylic acids is 1. The Balaban J connectivity index is 0.000000878. The van der Waals surface area contributed by atoms with Crippen molar-refractivity contribution >= 4 is 28.7 Å². The van der Waals surface area contributed by atoms with Crippen LogP contribution in [0.3, 0.4) is 0 Å². The number of pyridine rings is 1. The molecule has 1 aliphatic rings. The lowest BCUT2D eigenvalue weighted by Gasteiger charge is -2.32. The van der Waals surface area contributed by atoms with E-state index in [-0.39, 0.29) is 6.41 Å². The predicted octanol–water partition coefficient (Wildman–Crippen LogP) is 1.26. The Morgan fingerprint density at radius 1 is 1.36 bits per heavy atom. The van der Waals surface area contributed by atoms with E-state index in [1.54, 1.807) is 6.20 Å². The molecule has 1 aliphatic heterocycles. The number of anilines is 1. The molecule has 9 nitrogen and oxygen atoms in total. The molecule has 28 heavy (non-hydrogen) atoms. The van der Waals surface area contributed by atoms with Gasteiger partial charge in [-0.2, -0.15) is 5.10 Å². The summed E-state index contributed by atoms with van der Waals surface area (Å²) in [4.78, 5) is 14.9. The maximum atomic E-state index is 8.58. The minimum Gasteiger partial charge on any atom is -0.374 e. The highest BCUT2D eigenvalue weighted by molar-refractivity contribution is 7.15. The van der Waals surface area contributed by atoms with Crippen molar-refractivity contribution in [3.05, 3.63) is 47.2 Å². The van der Waals surface area contributed by atoms with Gasteiger partial charge in [0.2, 0.25) is 11.5 Å². The molecule has 0 aromatic carbocycles. The van der Waals surface area contributed by atoms with Crippen LogP contribution in [-0.4, -0.2) is 45.4 Å². The maximum absolute atomic E-state index is 8.58. The van der Waals surface area contributed by atoms with Crippen molar-refractivity contribution in [3.63, 3.8) is 0 Å². The first kappa shape index (κ1) is 21.3. The molecule has 10 heteroatoms. The van der Waals surface area contributed by atoms with E-state index in [1.807, 2.05) is 18.3 Å². The van der Waals surface area contributed by atoms with Gasteiger partial charge < -0.3 is 22.2 Å². The molecule has 0 spiro atoms. The molecule has 2 aromatic rings. The highest BCUT2D eigenvalue weighted by Gasteiger charge is 2.24. The highest BCUT2D eigenvalue weighted by atomic mass is 32.1. The van der Waals surface area contributed by atoms with E-state index in [1.165, 1.54) is 16.9 Å². The molecule has 1 saturated heterocycles. The van der Waals surface area contributed by atoms with E-state index >= 15 is 0 Å². The van der Waals surface area contributed by atoms with Crippen molar-refractivity contribution in [2.75, 3.05) is 18.8 Å². The molecule has 0 bridgehead atoms. The summed E-state index contributed by atoms with van der Waals surface area (Å²) in [6.45, 7) is 1.82. The fourth-order valence-electron chi connectivity index (χ4n) is 2.98. The SMILES string of the molecule is N/N=C(\C=C/CCc1cccnc1)N1CCC(c2nnc(N)s2)CC1.NC=O. The molecule has 0 saturated carbocycles. The van der Waals surface area contributed by atoms with Crippen molar-refractivity contribution in [2.24, 2.45) is 16.7 Å². The number of nitrogens with zero attached hydrogens (tertiary/aromatic N) is 5. The number of hydrogen-bond donors (Lipinski definition) is 3. The number of nitrogens with two attached hydrogens (primary N) is 3. The molecule has 0 unspecified atom stereocenters. The smallest absolute Gasteiger partial charge is 0.204 e. The maximum Gasteiger partial charge on any atom is 0.204 e. The van der Waals surface area contributed by atoms with Gasteiger partial charge in [-0.25, -0.2) is 0 Å². The summed E-state index contributed by atoms with van der Waals surface area (Å²) in [5.74, 6) is 6.86. The number of hydrazone groups is 1. The van der Waals surface area contributed by atoms with Crippen LogP contribution in [0.15, 0.2) is 41.8 Å². The lowest BCUT2D eigenvalue weighted by Crippen LogP contribution is -2.37. The van der Waals surface area contributed by atoms with Crippen LogP contribution < -0.4 is 17.3 Å². The molecule has 0 radical (unpaired) electrons. The van der Waals surface area contributed by atoms with Gasteiger partial charge in [0.05, 0.1) is 0 Å². The van der Waals surface area contributed by atoms with E-state index in [4.69, 9.17) is 16.4 Å². The number of aromatic nitrogens is 3. The average molecular weight is 403 g/mol. The van der Waals surface area contributed by atoms with Gasteiger partial charge >= 0.3 is 0 Å². The van der Waals surface area contributed by atoms with Crippen molar-refractivity contribution in [2.45, 2.75) is 31.6 Å². The van der Waals surface area contributed by atoms with Crippen LogP contribution >= 0.6 is 11.3 Å². The summed E-state index contributed by atoms with van der Waals surface area (Å²) in [5.41, 5.74) is 11.1. The Morgan fingerprint density at radius 2 is 2.11 bits per heavy atom. The number of likely N-dealkylation sites (tertiary alicyclic amines) is 1. The summed E-state index contributed by atoms with van der Waals surface area (Å²) in [7, 11) is 0. The molecule has 6 N–H and O–H groups in total. The highest BCUT2D eigenvalue weighted by Crippen LogP contribution is 2.30. The first-order chi connectivity index (χ1) is 13.7. The van der Waals surface area contributed by atoms with Crippen LogP contribution in [0, 0.1) is 0 Å². The normalized spacial score (nSPS) is 15.3. The molecular weight excluding hydrogens is 376 g/mol. The lowest BCUT2D eigenvalue weighted by molar-refractivity contribution is -0.106. The summed E-state index contributed by atoms with van der Waals surface area (Å²) in [6.07, 6.45) is 12.0. The van der Waals surface area contributed by atoms with Crippen LogP contribution in [0.4, 0.5) is 5.13 Å². The Hall–Kier alpha value is -3.01. The van der Waals surface area contributed by atoms with Crippen molar-refractivity contribution in [3.8, 4) is 0 Å². The first-order valence-electron chi connectivity index (χ1n) is 9.00. The number of primary amides is 1. The van der Waals surface area contributed by atoms with Gasteiger partial charge in [-0.1, -0.05) is 23.5 Å². The number of hydrogen-bond acceptors (Lipinski definition) is 8. The number of rotatable bonds is 5. The Labute approximate surface area is 168 Å². The molecule has 150 valence electrons. The Bertz CT molecular complexity index is 769. The molecular formula is C18H26N8OS. The van der Waals surface area contributed by atoms with E-state index in [9.17, 15) is 0 Å². The Morgan fingerprint density at radius 3 is 2.68 bits per heavy atom. The third-order valence-corrected chi connectivity index (χ3v) is 5.26. The summed E-state index contributed by atoms with van der Waals surface area (Å²) in [5, 5.41) is 13.6. The predicted molar refractivity (Wildman–Crippen MR) is 111 cm³/mol. The van der Waals surface area contributed by atoms with Crippen LogP contribution in [0.2, 0.25) is 0 Å². The zero-order chi connectivity index (χ0) is 20.2. The minimum absolute atomic E-state index is 0.250. The third-order valence-electron chi connectivity index (χ3n) is 4.35.